The van der Waals surface area contributed by atoms with E-state index in [1.807, 2.05) is 66.7 Å². The van der Waals surface area contributed by atoms with Gasteiger partial charge in [-0.2, -0.15) is 5.21 Å². The molecule has 192 valence electrons. The highest BCUT2D eigenvalue weighted by molar-refractivity contribution is 7.15. The van der Waals surface area contributed by atoms with Crippen LogP contribution in [0.5, 0.6) is 17.2 Å². The van der Waals surface area contributed by atoms with Crippen molar-refractivity contribution < 1.29 is 19.0 Å². The first-order valence-electron chi connectivity index (χ1n) is 11.7. The van der Waals surface area contributed by atoms with Crippen molar-refractivity contribution in [2.75, 3.05) is 26.6 Å². The Morgan fingerprint density at radius 3 is 2.50 bits per heavy atom. The molecular weight excluding hydrogens is 502 g/mol. The van der Waals surface area contributed by atoms with E-state index in [2.05, 4.69) is 25.9 Å². The third-order valence-electron chi connectivity index (χ3n) is 5.96. The van der Waals surface area contributed by atoms with Crippen LogP contribution in [0, 0.1) is 0 Å². The van der Waals surface area contributed by atoms with E-state index in [1.54, 1.807) is 38.7 Å². The number of nitrogens with zero attached hydrogens (tertiary/aromatic N) is 3. The quantitative estimate of drug-likeness (QED) is 0.262. The molecule has 0 aliphatic carbocycles. The number of ether oxygens (including phenoxy) is 3. The molecule has 5 aromatic rings. The fourth-order valence-corrected chi connectivity index (χ4v) is 5.23. The molecule has 9 nitrogen and oxygen atoms in total. The van der Waals surface area contributed by atoms with Crippen molar-refractivity contribution in [2.24, 2.45) is 0 Å². The molecule has 3 aromatic carbocycles. The van der Waals surface area contributed by atoms with Crippen molar-refractivity contribution in [1.29, 1.82) is 0 Å². The number of tetrazole rings is 1. The lowest BCUT2D eigenvalue weighted by Crippen LogP contribution is -2.12. The van der Waals surface area contributed by atoms with Crippen molar-refractivity contribution in [2.45, 2.75) is 6.42 Å². The van der Waals surface area contributed by atoms with Gasteiger partial charge in [0.25, 0.3) is 5.91 Å². The van der Waals surface area contributed by atoms with Gasteiger partial charge in [-0.3, -0.25) is 4.79 Å². The van der Waals surface area contributed by atoms with Gasteiger partial charge in [-0.25, -0.2) is 0 Å². The Bertz CT molecular complexity index is 1570. The molecular formula is C28H25N5O4S. The summed E-state index contributed by atoms with van der Waals surface area (Å²) in [5, 5.41) is 17.2. The average molecular weight is 528 g/mol. The summed E-state index contributed by atoms with van der Waals surface area (Å²) in [4.78, 5) is 15.5. The van der Waals surface area contributed by atoms with Gasteiger partial charge < -0.3 is 19.5 Å². The number of methoxy groups -OCH3 is 3. The Balaban J connectivity index is 1.41. The number of thiophene rings is 1. The standard InChI is InChI=1S/C28H25N5O4S/c1-35-23-13-12-20(26(36-2)27(23)37-3)17-7-6-8-18(15-17)28(34)29-22-10-5-4-9-21(22)24-14-11-19(38-24)16-25-30-32-33-31-25/h4-15H,16H2,1-3H3,(H,29,34)(H,30,31,32,33). The lowest BCUT2D eigenvalue weighted by atomic mass is 10.0. The van der Waals surface area contributed by atoms with Crippen LogP contribution in [0.3, 0.4) is 0 Å². The average Bonchev–Trinajstić information content (AvgIpc) is 3.65. The number of H-pyrrole nitrogens is 1. The minimum Gasteiger partial charge on any atom is -0.493 e. The maximum atomic E-state index is 13.4. The molecule has 0 saturated heterocycles. The number of amides is 1. The smallest absolute Gasteiger partial charge is 0.255 e. The van der Waals surface area contributed by atoms with E-state index in [0.29, 0.717) is 35.1 Å². The van der Waals surface area contributed by atoms with Crippen LogP contribution >= 0.6 is 11.3 Å². The second-order valence-electron chi connectivity index (χ2n) is 8.23. The number of hydrogen-bond donors (Lipinski definition) is 2. The largest absolute Gasteiger partial charge is 0.493 e. The fraction of sp³-hybridized carbons (Fsp3) is 0.143. The van der Waals surface area contributed by atoms with Crippen LogP contribution in [-0.2, 0) is 6.42 Å². The predicted molar refractivity (Wildman–Crippen MR) is 146 cm³/mol. The van der Waals surface area contributed by atoms with E-state index in [4.69, 9.17) is 14.2 Å². The molecule has 0 fully saturated rings. The first-order chi connectivity index (χ1) is 18.6. The van der Waals surface area contributed by atoms with Gasteiger partial charge in [-0.1, -0.05) is 35.5 Å². The molecule has 0 aliphatic heterocycles. The second-order valence-corrected chi connectivity index (χ2v) is 9.40. The van der Waals surface area contributed by atoms with E-state index in [0.717, 1.165) is 32.1 Å². The van der Waals surface area contributed by atoms with E-state index < -0.39 is 0 Å². The highest BCUT2D eigenvalue weighted by atomic mass is 32.1. The number of aromatic nitrogens is 4. The molecule has 1 amide bonds. The fourth-order valence-electron chi connectivity index (χ4n) is 4.19. The molecule has 5 rings (SSSR count). The highest BCUT2D eigenvalue weighted by Crippen LogP contribution is 2.44. The predicted octanol–water partition coefficient (Wildman–Crippen LogP) is 5.46. The first kappa shape index (κ1) is 25.0. The number of nitrogens with one attached hydrogen (secondary N) is 2. The van der Waals surface area contributed by atoms with Crippen molar-refractivity contribution in [3.63, 3.8) is 0 Å². The molecule has 10 heteroatoms. The summed E-state index contributed by atoms with van der Waals surface area (Å²) in [5.74, 6) is 2.00. The van der Waals surface area contributed by atoms with Gasteiger partial charge in [0.1, 0.15) is 0 Å². The van der Waals surface area contributed by atoms with E-state index in [9.17, 15) is 4.79 Å². The monoisotopic (exact) mass is 527 g/mol. The highest BCUT2D eigenvalue weighted by Gasteiger charge is 2.18. The zero-order valence-electron chi connectivity index (χ0n) is 21.0. The summed E-state index contributed by atoms with van der Waals surface area (Å²) in [5.41, 5.74) is 3.77. The molecule has 0 atom stereocenters. The number of hydrogen-bond acceptors (Lipinski definition) is 8. The molecule has 0 bridgehead atoms. The topological polar surface area (TPSA) is 111 Å². The molecule has 2 aromatic heterocycles. The van der Waals surface area contributed by atoms with Crippen molar-refractivity contribution in [3.05, 3.63) is 89.1 Å². The lowest BCUT2D eigenvalue weighted by molar-refractivity contribution is 0.102. The Labute approximate surface area is 223 Å². The second kappa shape index (κ2) is 11.1. The molecule has 2 N–H and O–H groups in total. The lowest BCUT2D eigenvalue weighted by Gasteiger charge is -2.16. The number of para-hydroxylation sites is 1. The third-order valence-corrected chi connectivity index (χ3v) is 7.08. The van der Waals surface area contributed by atoms with Crippen molar-refractivity contribution in [1.82, 2.24) is 20.6 Å². The molecule has 0 spiro atoms. The number of carbonyl (C=O) groups is 1. The Morgan fingerprint density at radius 1 is 0.895 bits per heavy atom. The van der Waals surface area contributed by atoms with Gasteiger partial charge in [0, 0.05) is 38.6 Å². The number of aromatic amines is 1. The summed E-state index contributed by atoms with van der Waals surface area (Å²) >= 11 is 1.62. The molecule has 0 aliphatic rings. The third kappa shape index (κ3) is 5.07. The van der Waals surface area contributed by atoms with Crippen molar-refractivity contribution >= 4 is 22.9 Å². The van der Waals surface area contributed by atoms with Gasteiger partial charge >= 0.3 is 0 Å². The minimum atomic E-state index is -0.220. The van der Waals surface area contributed by atoms with E-state index in [-0.39, 0.29) is 5.91 Å². The maximum Gasteiger partial charge on any atom is 0.255 e. The molecule has 0 saturated carbocycles. The number of rotatable bonds is 9. The van der Waals surface area contributed by atoms with Crippen LogP contribution in [0.2, 0.25) is 0 Å². The van der Waals surface area contributed by atoms with Gasteiger partial charge in [-0.05, 0) is 48.0 Å². The molecule has 38 heavy (non-hydrogen) atoms. The van der Waals surface area contributed by atoms with Gasteiger partial charge in [0.2, 0.25) is 5.75 Å². The molecule has 0 unspecified atom stereocenters. The SMILES string of the molecule is COc1ccc(-c2cccc(C(=O)Nc3ccccc3-c3ccc(Cc4nn[nH]n4)s3)c2)c(OC)c1OC. The van der Waals surface area contributed by atoms with Crippen LogP contribution in [-0.4, -0.2) is 47.9 Å². The van der Waals surface area contributed by atoms with E-state index >= 15 is 0 Å². The van der Waals surface area contributed by atoms with Crippen LogP contribution < -0.4 is 19.5 Å². The Hall–Kier alpha value is -4.70. The Kier molecular flexibility index (Phi) is 7.32. The zero-order chi connectivity index (χ0) is 26.5. The number of anilines is 1. The zero-order valence-corrected chi connectivity index (χ0v) is 21.8. The molecule has 0 radical (unpaired) electrons. The summed E-state index contributed by atoms with van der Waals surface area (Å²) in [6.45, 7) is 0. The van der Waals surface area contributed by atoms with Gasteiger partial charge in [0.05, 0.1) is 21.3 Å². The van der Waals surface area contributed by atoms with Crippen LogP contribution in [0.15, 0.2) is 72.8 Å². The van der Waals surface area contributed by atoms with Crippen LogP contribution in [0.1, 0.15) is 21.1 Å². The van der Waals surface area contributed by atoms with E-state index in [1.165, 1.54) is 0 Å². The van der Waals surface area contributed by atoms with Crippen LogP contribution in [0.4, 0.5) is 5.69 Å². The summed E-state index contributed by atoms with van der Waals surface area (Å²) < 4.78 is 16.6. The van der Waals surface area contributed by atoms with Crippen molar-refractivity contribution in [3.8, 4) is 38.8 Å². The first-order valence-corrected chi connectivity index (χ1v) is 12.5. The number of carbonyl (C=O) groups excluding carboxylic acids is 1. The Morgan fingerprint density at radius 2 is 1.74 bits per heavy atom. The maximum absolute atomic E-state index is 13.4. The summed E-state index contributed by atoms with van der Waals surface area (Å²) in [6.07, 6.45) is 0.585. The van der Waals surface area contributed by atoms with Gasteiger partial charge in [-0.15, -0.1) is 21.5 Å². The summed E-state index contributed by atoms with van der Waals surface area (Å²) in [6, 6.07) is 22.9. The van der Waals surface area contributed by atoms with Crippen LogP contribution in [0.25, 0.3) is 21.6 Å². The number of benzene rings is 3. The summed E-state index contributed by atoms with van der Waals surface area (Å²) in [7, 11) is 4.71. The minimum absolute atomic E-state index is 0.220. The molecule has 2 heterocycles. The van der Waals surface area contributed by atoms with Gasteiger partial charge in [0.15, 0.2) is 17.3 Å². The normalized spacial score (nSPS) is 10.7.